The first-order chi connectivity index (χ1) is 5.29. The average Bonchev–Trinajstić information content (AvgIpc) is 2.45. The van der Waals surface area contributed by atoms with E-state index in [4.69, 9.17) is 4.42 Å². The fourth-order valence-corrected chi connectivity index (χ4v) is 0.944. The Bertz CT molecular complexity index is 441. The predicted octanol–water partition coefficient (Wildman–Crippen LogP) is 0.526. The zero-order valence-electron chi connectivity index (χ0n) is 5.94. The Morgan fingerprint density at radius 1 is 1.64 bits per heavy atom. The maximum absolute atomic E-state index is 11.2. The molecule has 2 aromatic heterocycles. The first kappa shape index (κ1) is 6.15. The molecule has 0 unspecified atom stereocenters. The highest BCUT2D eigenvalue weighted by Gasteiger charge is 2.02. The molecular formula is C7H6N2O2. The molecule has 4 nitrogen and oxygen atoms in total. The molecule has 0 radical (unpaired) electrons. The average molecular weight is 150 g/mol. The van der Waals surface area contributed by atoms with Crippen LogP contribution in [0.15, 0.2) is 27.9 Å². The van der Waals surface area contributed by atoms with Crippen LogP contribution in [0.25, 0.3) is 11.1 Å². The van der Waals surface area contributed by atoms with Crippen LogP contribution in [0.2, 0.25) is 0 Å². The van der Waals surface area contributed by atoms with Crippen LogP contribution < -0.4 is 5.56 Å². The van der Waals surface area contributed by atoms with Crippen molar-refractivity contribution >= 4 is 11.1 Å². The molecule has 0 N–H and O–H groups in total. The van der Waals surface area contributed by atoms with Gasteiger partial charge in [0.25, 0.3) is 5.56 Å². The molecule has 0 amide bonds. The third-order valence-corrected chi connectivity index (χ3v) is 1.57. The maximum Gasteiger partial charge on any atom is 0.295 e. The molecule has 56 valence electrons. The number of rotatable bonds is 0. The summed E-state index contributed by atoms with van der Waals surface area (Å²) in [5.74, 6) is 0. The van der Waals surface area contributed by atoms with Crippen molar-refractivity contribution in [2.45, 2.75) is 0 Å². The first-order valence-electron chi connectivity index (χ1n) is 3.18. The van der Waals surface area contributed by atoms with Crippen LogP contribution in [-0.2, 0) is 7.05 Å². The molecule has 2 aromatic rings. The van der Waals surface area contributed by atoms with Crippen LogP contribution >= 0.6 is 0 Å². The van der Waals surface area contributed by atoms with E-state index in [2.05, 4.69) is 4.98 Å². The van der Waals surface area contributed by atoms with Gasteiger partial charge < -0.3 is 8.98 Å². The van der Waals surface area contributed by atoms with Gasteiger partial charge in [0.1, 0.15) is 5.52 Å². The van der Waals surface area contributed by atoms with Gasteiger partial charge in [0.15, 0.2) is 6.39 Å². The summed E-state index contributed by atoms with van der Waals surface area (Å²) in [7, 11) is 1.67. The van der Waals surface area contributed by atoms with Crippen molar-refractivity contribution in [3.63, 3.8) is 0 Å². The van der Waals surface area contributed by atoms with Crippen molar-refractivity contribution in [3.05, 3.63) is 29.0 Å². The van der Waals surface area contributed by atoms with Crippen molar-refractivity contribution in [2.75, 3.05) is 0 Å². The standard InChI is InChI=1S/C7H6N2O2/c1-9-3-2-5-6(7(9)10)11-4-8-5/h2-4H,1H3. The van der Waals surface area contributed by atoms with Crippen LogP contribution in [0, 0.1) is 0 Å². The van der Waals surface area contributed by atoms with E-state index in [0.717, 1.165) is 0 Å². The molecule has 0 aliphatic heterocycles. The Balaban J connectivity index is 3.05. The van der Waals surface area contributed by atoms with Crippen LogP contribution in [0.5, 0.6) is 0 Å². The van der Waals surface area contributed by atoms with Gasteiger partial charge in [-0.25, -0.2) is 4.98 Å². The van der Waals surface area contributed by atoms with Crippen molar-refractivity contribution in [3.8, 4) is 0 Å². The minimum absolute atomic E-state index is 0.153. The molecule has 4 heteroatoms. The Labute approximate surface area is 62.1 Å². The number of oxazole rings is 1. The summed E-state index contributed by atoms with van der Waals surface area (Å²) >= 11 is 0. The Morgan fingerprint density at radius 2 is 2.45 bits per heavy atom. The molecule has 0 aliphatic rings. The summed E-state index contributed by atoms with van der Waals surface area (Å²) in [4.78, 5) is 15.1. The molecule has 0 saturated carbocycles. The van der Waals surface area contributed by atoms with E-state index in [1.807, 2.05) is 0 Å². The number of nitrogens with zero attached hydrogens (tertiary/aromatic N) is 2. The van der Waals surface area contributed by atoms with Gasteiger partial charge >= 0.3 is 0 Å². The lowest BCUT2D eigenvalue weighted by Gasteiger charge is -1.92. The molecule has 2 heterocycles. The largest absolute Gasteiger partial charge is 0.438 e. The van der Waals surface area contributed by atoms with E-state index in [1.54, 1.807) is 19.3 Å². The van der Waals surface area contributed by atoms with Gasteiger partial charge in [0.05, 0.1) is 0 Å². The summed E-state index contributed by atoms with van der Waals surface area (Å²) in [5.41, 5.74) is 0.767. The number of aromatic nitrogens is 2. The van der Waals surface area contributed by atoms with Crippen LogP contribution in [0.3, 0.4) is 0 Å². The number of aryl methyl sites for hydroxylation is 1. The lowest BCUT2D eigenvalue weighted by molar-refractivity contribution is 0.593. The van der Waals surface area contributed by atoms with E-state index in [-0.39, 0.29) is 5.56 Å². The predicted molar refractivity (Wildman–Crippen MR) is 39.3 cm³/mol. The Morgan fingerprint density at radius 3 is 3.27 bits per heavy atom. The quantitative estimate of drug-likeness (QED) is 0.550. The normalized spacial score (nSPS) is 10.6. The van der Waals surface area contributed by atoms with E-state index in [0.29, 0.717) is 11.1 Å². The monoisotopic (exact) mass is 150 g/mol. The molecule has 2 rings (SSSR count). The SMILES string of the molecule is Cn1ccc2ncoc2c1=O. The second kappa shape index (κ2) is 1.95. The van der Waals surface area contributed by atoms with Crippen LogP contribution in [0.4, 0.5) is 0 Å². The first-order valence-corrected chi connectivity index (χ1v) is 3.18. The molecule has 0 fully saturated rings. The van der Waals surface area contributed by atoms with Crippen LogP contribution in [0.1, 0.15) is 0 Å². The Kier molecular flexibility index (Phi) is 1.09. The highest BCUT2D eigenvalue weighted by molar-refractivity contribution is 5.70. The number of hydrogen-bond donors (Lipinski definition) is 0. The van der Waals surface area contributed by atoms with Gasteiger partial charge in [-0.05, 0) is 6.07 Å². The minimum atomic E-state index is -0.153. The Hall–Kier alpha value is -1.58. The third kappa shape index (κ3) is 0.756. The van der Waals surface area contributed by atoms with E-state index < -0.39 is 0 Å². The number of fused-ring (bicyclic) bond motifs is 1. The molecule has 0 spiro atoms. The van der Waals surface area contributed by atoms with Gasteiger partial charge in [0.2, 0.25) is 5.58 Å². The number of hydrogen-bond acceptors (Lipinski definition) is 3. The summed E-state index contributed by atoms with van der Waals surface area (Å²) in [6.07, 6.45) is 2.93. The van der Waals surface area contributed by atoms with Crippen LogP contribution in [-0.4, -0.2) is 9.55 Å². The van der Waals surface area contributed by atoms with Gasteiger partial charge in [-0.15, -0.1) is 0 Å². The molecule has 11 heavy (non-hydrogen) atoms. The second-order valence-corrected chi connectivity index (χ2v) is 2.30. The fourth-order valence-electron chi connectivity index (χ4n) is 0.944. The van der Waals surface area contributed by atoms with E-state index in [1.165, 1.54) is 11.0 Å². The minimum Gasteiger partial charge on any atom is -0.438 e. The smallest absolute Gasteiger partial charge is 0.295 e. The summed E-state index contributed by atoms with van der Waals surface area (Å²) < 4.78 is 6.34. The zero-order chi connectivity index (χ0) is 7.84. The van der Waals surface area contributed by atoms with Gasteiger partial charge in [-0.1, -0.05) is 0 Å². The zero-order valence-corrected chi connectivity index (χ0v) is 5.94. The van der Waals surface area contributed by atoms with Gasteiger partial charge in [0, 0.05) is 13.2 Å². The summed E-state index contributed by atoms with van der Waals surface area (Å²) in [5, 5.41) is 0. The third-order valence-electron chi connectivity index (χ3n) is 1.57. The molecule has 0 saturated heterocycles. The summed E-state index contributed by atoms with van der Waals surface area (Å²) in [6, 6.07) is 1.74. The van der Waals surface area contributed by atoms with Crippen molar-refractivity contribution in [2.24, 2.45) is 7.05 Å². The highest BCUT2D eigenvalue weighted by Crippen LogP contribution is 2.04. The van der Waals surface area contributed by atoms with Crippen molar-refractivity contribution in [1.29, 1.82) is 0 Å². The molecule has 0 aromatic carbocycles. The van der Waals surface area contributed by atoms with Gasteiger partial charge in [-0.2, -0.15) is 0 Å². The lowest BCUT2D eigenvalue weighted by atomic mass is 10.4. The highest BCUT2D eigenvalue weighted by atomic mass is 16.3. The van der Waals surface area contributed by atoms with Gasteiger partial charge in [-0.3, -0.25) is 4.79 Å². The topological polar surface area (TPSA) is 48.0 Å². The fraction of sp³-hybridized carbons (Fsp3) is 0.143. The van der Waals surface area contributed by atoms with E-state index >= 15 is 0 Å². The van der Waals surface area contributed by atoms with E-state index in [9.17, 15) is 4.79 Å². The lowest BCUT2D eigenvalue weighted by Crippen LogP contribution is -2.14. The summed E-state index contributed by atoms with van der Waals surface area (Å²) in [6.45, 7) is 0. The molecule has 0 atom stereocenters. The maximum atomic E-state index is 11.2. The molecule has 0 aliphatic carbocycles. The van der Waals surface area contributed by atoms with Crippen molar-refractivity contribution < 1.29 is 4.42 Å². The second-order valence-electron chi connectivity index (χ2n) is 2.30. The molecular weight excluding hydrogens is 144 g/mol. The number of pyridine rings is 1. The van der Waals surface area contributed by atoms with Crippen molar-refractivity contribution in [1.82, 2.24) is 9.55 Å². The molecule has 0 bridgehead atoms.